The van der Waals surface area contributed by atoms with Crippen LogP contribution in [0.15, 0.2) is 30.3 Å². The van der Waals surface area contributed by atoms with E-state index < -0.39 is 6.04 Å². The van der Waals surface area contributed by atoms with Gasteiger partial charge in [-0.15, -0.1) is 12.3 Å². The van der Waals surface area contributed by atoms with Crippen LogP contribution in [0.5, 0.6) is 0 Å². The van der Waals surface area contributed by atoms with Gasteiger partial charge in [0.05, 0.1) is 6.61 Å². The maximum Gasteiger partial charge on any atom is 0.327 e. The minimum Gasteiger partial charge on any atom is -0.465 e. The molecule has 1 aromatic carbocycles. The lowest BCUT2D eigenvalue weighted by molar-refractivity contribution is -0.146. The first-order valence-corrected chi connectivity index (χ1v) is 6.64. The Hall–Kier alpha value is -1.79. The van der Waals surface area contributed by atoms with Gasteiger partial charge in [0.25, 0.3) is 0 Å². The molecule has 1 rings (SSSR count). The summed E-state index contributed by atoms with van der Waals surface area (Å²) >= 11 is 0. The third-order valence-corrected chi connectivity index (χ3v) is 2.91. The van der Waals surface area contributed by atoms with Crippen LogP contribution in [-0.4, -0.2) is 18.6 Å². The number of benzene rings is 1. The molecule has 0 aliphatic heterocycles. The molecule has 0 aromatic heterocycles. The van der Waals surface area contributed by atoms with Crippen LogP contribution in [-0.2, 0) is 9.53 Å². The number of rotatable bonds is 7. The molecule has 0 fully saturated rings. The highest BCUT2D eigenvalue weighted by Gasteiger charge is 2.23. The minimum atomic E-state index is -0.459. The Balaban J connectivity index is 2.87. The molecule has 0 radical (unpaired) electrons. The number of terminal acetylenes is 1. The number of esters is 1. The van der Waals surface area contributed by atoms with Crippen LogP contribution in [0.4, 0.5) is 0 Å². The first kappa shape index (κ1) is 15.3. The third kappa shape index (κ3) is 4.76. The van der Waals surface area contributed by atoms with Crippen molar-refractivity contribution in [1.82, 2.24) is 5.32 Å². The highest BCUT2D eigenvalue weighted by molar-refractivity contribution is 5.77. The van der Waals surface area contributed by atoms with Gasteiger partial charge in [-0.1, -0.05) is 37.3 Å². The average Bonchev–Trinajstić information content (AvgIpc) is 2.44. The van der Waals surface area contributed by atoms with Gasteiger partial charge >= 0.3 is 5.97 Å². The molecule has 1 N–H and O–H groups in total. The standard InChI is InChI=1S/C16H21NO2/c1-4-10-14(5-2)17-15(16(18)19-6-3)13-11-8-7-9-12-13/h1,7-9,11-12,14-15,17H,5-6,10H2,2-3H3. The molecule has 0 aliphatic rings. The maximum atomic E-state index is 12.1. The first-order chi connectivity index (χ1) is 9.22. The van der Waals surface area contributed by atoms with E-state index in [2.05, 4.69) is 11.2 Å². The number of carbonyl (C=O) groups is 1. The van der Waals surface area contributed by atoms with E-state index in [0.717, 1.165) is 12.0 Å². The van der Waals surface area contributed by atoms with Crippen molar-refractivity contribution in [2.24, 2.45) is 0 Å². The molecule has 0 saturated carbocycles. The van der Waals surface area contributed by atoms with Crippen LogP contribution in [0.25, 0.3) is 0 Å². The normalized spacial score (nSPS) is 13.3. The Bertz CT molecular complexity index is 422. The van der Waals surface area contributed by atoms with Crippen molar-refractivity contribution in [2.75, 3.05) is 6.61 Å². The number of hydrogen-bond acceptors (Lipinski definition) is 3. The fourth-order valence-corrected chi connectivity index (χ4v) is 1.87. The van der Waals surface area contributed by atoms with Crippen LogP contribution in [0.3, 0.4) is 0 Å². The number of carbonyl (C=O) groups excluding carboxylic acids is 1. The van der Waals surface area contributed by atoms with E-state index in [0.29, 0.717) is 13.0 Å². The molecule has 0 bridgehead atoms. The van der Waals surface area contributed by atoms with Crippen molar-refractivity contribution < 1.29 is 9.53 Å². The molecule has 1 aromatic rings. The van der Waals surface area contributed by atoms with Crippen molar-refractivity contribution in [1.29, 1.82) is 0 Å². The average molecular weight is 259 g/mol. The van der Waals surface area contributed by atoms with E-state index in [4.69, 9.17) is 11.2 Å². The van der Waals surface area contributed by atoms with Gasteiger partial charge < -0.3 is 4.74 Å². The van der Waals surface area contributed by atoms with Crippen LogP contribution in [0.2, 0.25) is 0 Å². The summed E-state index contributed by atoms with van der Waals surface area (Å²) in [6.07, 6.45) is 6.81. The van der Waals surface area contributed by atoms with Crippen LogP contribution in [0, 0.1) is 12.3 Å². The van der Waals surface area contributed by atoms with Crippen LogP contribution < -0.4 is 5.32 Å². The van der Waals surface area contributed by atoms with Gasteiger partial charge in [-0.05, 0) is 18.9 Å². The zero-order valence-electron chi connectivity index (χ0n) is 11.6. The molecule has 3 nitrogen and oxygen atoms in total. The predicted octanol–water partition coefficient (Wildman–Crippen LogP) is 2.68. The summed E-state index contributed by atoms with van der Waals surface area (Å²) in [6, 6.07) is 9.22. The second-order valence-electron chi connectivity index (χ2n) is 4.28. The molecule has 3 heteroatoms. The molecule has 0 spiro atoms. The monoisotopic (exact) mass is 259 g/mol. The van der Waals surface area contributed by atoms with E-state index in [1.807, 2.05) is 37.3 Å². The highest BCUT2D eigenvalue weighted by Crippen LogP contribution is 2.16. The lowest BCUT2D eigenvalue weighted by Gasteiger charge is -2.22. The fourth-order valence-electron chi connectivity index (χ4n) is 1.87. The number of ether oxygens (including phenoxy) is 1. The Labute approximate surface area is 115 Å². The molecule has 0 aliphatic carbocycles. The molecule has 0 amide bonds. The quantitative estimate of drug-likeness (QED) is 0.604. The van der Waals surface area contributed by atoms with Gasteiger partial charge in [0.2, 0.25) is 0 Å². The molecular formula is C16H21NO2. The second-order valence-corrected chi connectivity index (χ2v) is 4.28. The van der Waals surface area contributed by atoms with Gasteiger partial charge in [-0.2, -0.15) is 0 Å². The lowest BCUT2D eigenvalue weighted by Crippen LogP contribution is -2.37. The summed E-state index contributed by atoms with van der Waals surface area (Å²) in [4.78, 5) is 12.1. The van der Waals surface area contributed by atoms with Crippen LogP contribution >= 0.6 is 0 Å². The Kier molecular flexibility index (Phi) is 6.70. The minimum absolute atomic E-state index is 0.111. The maximum absolute atomic E-state index is 12.1. The van der Waals surface area contributed by atoms with E-state index >= 15 is 0 Å². The lowest BCUT2D eigenvalue weighted by atomic mass is 10.0. The topological polar surface area (TPSA) is 38.3 Å². The second kappa shape index (κ2) is 8.34. The van der Waals surface area contributed by atoms with E-state index in [1.165, 1.54) is 0 Å². The zero-order valence-corrected chi connectivity index (χ0v) is 11.6. The van der Waals surface area contributed by atoms with Gasteiger partial charge in [0, 0.05) is 12.5 Å². The van der Waals surface area contributed by atoms with E-state index in [1.54, 1.807) is 6.92 Å². The number of nitrogens with one attached hydrogen (secondary N) is 1. The van der Waals surface area contributed by atoms with Gasteiger partial charge in [-0.25, -0.2) is 4.79 Å². The highest BCUT2D eigenvalue weighted by atomic mass is 16.5. The molecule has 2 unspecified atom stereocenters. The van der Waals surface area contributed by atoms with Crippen LogP contribution in [0.1, 0.15) is 38.3 Å². The first-order valence-electron chi connectivity index (χ1n) is 6.64. The predicted molar refractivity (Wildman–Crippen MR) is 76.5 cm³/mol. The Morgan fingerprint density at radius 1 is 1.37 bits per heavy atom. The SMILES string of the molecule is C#CCC(CC)NC(C(=O)OCC)c1ccccc1. The van der Waals surface area contributed by atoms with Gasteiger partial charge in [0.1, 0.15) is 6.04 Å². The van der Waals surface area contributed by atoms with Crippen molar-refractivity contribution in [2.45, 2.75) is 38.8 Å². The van der Waals surface area contributed by atoms with Crippen molar-refractivity contribution in [3.63, 3.8) is 0 Å². The van der Waals surface area contributed by atoms with E-state index in [9.17, 15) is 4.79 Å². The van der Waals surface area contributed by atoms with Crippen molar-refractivity contribution >= 4 is 5.97 Å². The third-order valence-electron chi connectivity index (χ3n) is 2.91. The van der Waals surface area contributed by atoms with E-state index in [-0.39, 0.29) is 12.0 Å². The zero-order chi connectivity index (χ0) is 14.1. The Morgan fingerprint density at radius 3 is 2.58 bits per heavy atom. The summed E-state index contributed by atoms with van der Waals surface area (Å²) in [6.45, 7) is 4.22. The van der Waals surface area contributed by atoms with Gasteiger partial charge in [0.15, 0.2) is 0 Å². The molecule has 19 heavy (non-hydrogen) atoms. The summed E-state index contributed by atoms with van der Waals surface area (Å²) in [7, 11) is 0. The fraction of sp³-hybridized carbons (Fsp3) is 0.438. The summed E-state index contributed by atoms with van der Waals surface area (Å²) in [5, 5.41) is 3.29. The van der Waals surface area contributed by atoms with Gasteiger partial charge in [-0.3, -0.25) is 5.32 Å². The summed E-state index contributed by atoms with van der Waals surface area (Å²) < 4.78 is 5.13. The molecule has 102 valence electrons. The molecular weight excluding hydrogens is 238 g/mol. The van der Waals surface area contributed by atoms with Crippen molar-refractivity contribution in [3.05, 3.63) is 35.9 Å². The largest absolute Gasteiger partial charge is 0.465 e. The number of hydrogen-bond donors (Lipinski definition) is 1. The Morgan fingerprint density at radius 2 is 2.05 bits per heavy atom. The summed E-state index contributed by atoms with van der Waals surface area (Å²) in [5.41, 5.74) is 0.899. The molecule has 0 saturated heterocycles. The smallest absolute Gasteiger partial charge is 0.327 e. The summed E-state index contributed by atoms with van der Waals surface area (Å²) in [5.74, 6) is 2.37. The molecule has 2 atom stereocenters. The van der Waals surface area contributed by atoms with Crippen molar-refractivity contribution in [3.8, 4) is 12.3 Å². The molecule has 0 heterocycles.